The average Bonchev–Trinajstić information content (AvgIpc) is 2.57. The monoisotopic (exact) mass is 373 g/mol. The summed E-state index contributed by atoms with van der Waals surface area (Å²) in [5.41, 5.74) is 0.305. The molecule has 0 saturated carbocycles. The molecule has 0 N–H and O–H groups in total. The molecule has 2 rings (SSSR count). The molecule has 0 bridgehead atoms. The van der Waals surface area contributed by atoms with E-state index in [0.717, 1.165) is 11.1 Å². The van der Waals surface area contributed by atoms with E-state index in [1.54, 1.807) is 18.2 Å². The maximum absolute atomic E-state index is 12.7. The molecule has 1 unspecified atom stereocenters. The van der Waals surface area contributed by atoms with Crippen LogP contribution >= 0.6 is 20.2 Å². The summed E-state index contributed by atoms with van der Waals surface area (Å²) in [6.07, 6.45) is 0. The summed E-state index contributed by atoms with van der Waals surface area (Å²) in [5.74, 6) is 1.85. The first-order valence-corrected chi connectivity index (χ1v) is 9.02. The van der Waals surface area contributed by atoms with Gasteiger partial charge in [0.2, 0.25) is 0 Å². The number of rotatable bonds is 8. The molecular weight excluding hydrogens is 354 g/mol. The van der Waals surface area contributed by atoms with Crippen LogP contribution in [0.15, 0.2) is 36.4 Å². The van der Waals surface area contributed by atoms with Crippen LogP contribution in [0.25, 0.3) is 0 Å². The van der Waals surface area contributed by atoms with E-state index in [-0.39, 0.29) is 33.0 Å². The van der Waals surface area contributed by atoms with E-state index in [2.05, 4.69) is 0 Å². The molecule has 2 aromatic carbocycles. The third-order valence-electron chi connectivity index (χ3n) is 3.23. The Balaban J connectivity index is 0.00000312. The average molecular weight is 374 g/mol. The summed E-state index contributed by atoms with van der Waals surface area (Å²) in [7, 11) is 1.40. The molecule has 4 nitrogen and oxygen atoms in total. The Labute approximate surface area is 167 Å². The second-order valence-corrected chi connectivity index (χ2v) is 6.45. The quantitative estimate of drug-likeness (QED) is 0.520. The largest absolute Gasteiger partial charge is 0.496 e. The number of halogens is 1. The van der Waals surface area contributed by atoms with Crippen LogP contribution in [-0.4, -0.2) is 44.7 Å². The Bertz CT molecular complexity index is 724. The third kappa shape index (κ3) is 5.66. The van der Waals surface area contributed by atoms with Gasteiger partial charge < -0.3 is 14.2 Å². The van der Waals surface area contributed by atoms with Crippen LogP contribution in [0.4, 0.5) is 0 Å². The van der Waals surface area contributed by atoms with Gasteiger partial charge in [-0.1, -0.05) is 17.7 Å². The Morgan fingerprint density at radius 1 is 1.08 bits per heavy atom. The van der Waals surface area contributed by atoms with Gasteiger partial charge in [0.15, 0.2) is 5.52 Å². The molecule has 0 aliphatic rings. The van der Waals surface area contributed by atoms with Crippen LogP contribution in [0.1, 0.15) is 24.2 Å². The van der Waals surface area contributed by atoms with Crippen molar-refractivity contribution < 1.29 is 19.0 Å². The molecular formula is C18H20ClLiO4P. The van der Waals surface area contributed by atoms with Crippen molar-refractivity contribution in [3.8, 4) is 17.2 Å². The van der Waals surface area contributed by atoms with Crippen molar-refractivity contribution >= 4 is 49.9 Å². The minimum Gasteiger partial charge on any atom is -0.496 e. The number of hydrogen-bond donors (Lipinski definition) is 0. The van der Waals surface area contributed by atoms with Gasteiger partial charge in [-0.2, -0.15) is 0 Å². The number of carbonyl (C=O) groups is 1. The molecule has 0 aliphatic carbocycles. The van der Waals surface area contributed by atoms with Crippen LogP contribution in [0.5, 0.6) is 17.2 Å². The van der Waals surface area contributed by atoms with Crippen LogP contribution in [0, 0.1) is 0 Å². The summed E-state index contributed by atoms with van der Waals surface area (Å²) in [6, 6.07) is 10.7. The summed E-state index contributed by atoms with van der Waals surface area (Å²) in [5, 5.41) is 1.20. The van der Waals surface area contributed by atoms with Gasteiger partial charge in [-0.3, -0.25) is 4.79 Å². The minimum absolute atomic E-state index is 0. The summed E-state index contributed by atoms with van der Waals surface area (Å²) < 4.78 is 16.4. The van der Waals surface area contributed by atoms with Crippen LogP contribution in [0.3, 0.4) is 0 Å². The molecule has 0 heterocycles. The zero-order chi connectivity index (χ0) is 17.5. The number of methoxy groups -OCH3 is 1. The Morgan fingerprint density at radius 2 is 1.80 bits per heavy atom. The second-order valence-electron chi connectivity index (χ2n) is 4.80. The summed E-state index contributed by atoms with van der Waals surface area (Å²) in [4.78, 5) is 12.7. The molecule has 1 atom stereocenters. The van der Waals surface area contributed by atoms with Crippen molar-refractivity contribution in [2.75, 3.05) is 20.3 Å². The number of carbonyl (C=O) groups excluding carboxylic acids is 1. The first-order chi connectivity index (χ1) is 11.6. The second kappa shape index (κ2) is 10.7. The molecule has 129 valence electrons. The summed E-state index contributed by atoms with van der Waals surface area (Å²) >= 11 is 6.19. The molecule has 0 aliphatic heterocycles. The van der Waals surface area contributed by atoms with Crippen molar-refractivity contribution in [2.45, 2.75) is 13.8 Å². The maximum atomic E-state index is 12.7. The molecule has 7 heteroatoms. The van der Waals surface area contributed by atoms with Gasteiger partial charge in [0.1, 0.15) is 17.2 Å². The number of benzene rings is 2. The van der Waals surface area contributed by atoms with Gasteiger partial charge in [0, 0.05) is 30.2 Å². The maximum Gasteiger partial charge on any atom is 0.190 e. The Kier molecular flexibility index (Phi) is 9.39. The van der Waals surface area contributed by atoms with Crippen LogP contribution in [-0.2, 0) is 0 Å². The molecule has 25 heavy (non-hydrogen) atoms. The molecule has 0 fully saturated rings. The molecule has 0 spiro atoms. The van der Waals surface area contributed by atoms with Gasteiger partial charge in [-0.25, -0.2) is 0 Å². The number of hydrogen-bond acceptors (Lipinski definition) is 4. The predicted molar refractivity (Wildman–Crippen MR) is 105 cm³/mol. The topological polar surface area (TPSA) is 44.8 Å². The fourth-order valence-corrected chi connectivity index (χ4v) is 3.61. The molecule has 1 radical (unpaired) electrons. The van der Waals surface area contributed by atoms with Crippen molar-refractivity contribution in [1.82, 2.24) is 0 Å². The van der Waals surface area contributed by atoms with Crippen molar-refractivity contribution in [3.63, 3.8) is 0 Å². The van der Waals surface area contributed by atoms with E-state index < -0.39 is 0 Å². The SMILES string of the molecule is CCOc1ccc(PC(=O)c2c(Cl)cccc2OC)c(OCC)c1.[Li]. The predicted octanol–water partition coefficient (Wildman–Crippen LogP) is 3.91. The van der Waals surface area contributed by atoms with Gasteiger partial charge in [-0.15, -0.1) is 0 Å². The summed E-state index contributed by atoms with van der Waals surface area (Å²) in [6.45, 7) is 4.90. The van der Waals surface area contributed by atoms with E-state index in [1.807, 2.05) is 32.0 Å². The zero-order valence-corrected chi connectivity index (χ0v) is 16.6. The standard InChI is InChI=1S/C18H20ClO4P.Li/c1-4-22-12-9-10-16(15(11-12)23-5-2)24-18(20)17-13(19)7-6-8-14(17)21-3;/h6-11,24H,4-5H2,1-3H3;. The van der Waals surface area contributed by atoms with Gasteiger partial charge >= 0.3 is 0 Å². The van der Waals surface area contributed by atoms with E-state index in [4.69, 9.17) is 25.8 Å². The van der Waals surface area contributed by atoms with Gasteiger partial charge in [0.05, 0.1) is 30.9 Å². The fraction of sp³-hybridized carbons (Fsp3) is 0.278. The van der Waals surface area contributed by atoms with E-state index in [1.165, 1.54) is 7.11 Å². The Hall–Kier alpha value is -1.17. The first kappa shape index (κ1) is 21.9. The van der Waals surface area contributed by atoms with Crippen molar-refractivity contribution in [1.29, 1.82) is 0 Å². The smallest absolute Gasteiger partial charge is 0.190 e. The molecule has 0 aromatic heterocycles. The molecule has 0 saturated heterocycles. The minimum atomic E-state index is -0.125. The molecule has 2 aromatic rings. The first-order valence-electron chi connectivity index (χ1n) is 7.64. The van der Waals surface area contributed by atoms with Crippen LogP contribution < -0.4 is 19.5 Å². The fourth-order valence-electron chi connectivity index (χ4n) is 2.22. The Morgan fingerprint density at radius 3 is 2.44 bits per heavy atom. The van der Waals surface area contributed by atoms with E-state index in [9.17, 15) is 4.79 Å². The zero-order valence-electron chi connectivity index (χ0n) is 14.9. The van der Waals surface area contributed by atoms with Crippen molar-refractivity contribution in [2.24, 2.45) is 0 Å². The van der Waals surface area contributed by atoms with Gasteiger partial charge in [-0.05, 0) is 46.7 Å². The van der Waals surface area contributed by atoms with E-state index in [0.29, 0.717) is 35.3 Å². The van der Waals surface area contributed by atoms with Crippen molar-refractivity contribution in [3.05, 3.63) is 47.0 Å². The normalized spacial score (nSPS) is 10.4. The van der Waals surface area contributed by atoms with Gasteiger partial charge in [0.25, 0.3) is 0 Å². The number of ether oxygens (including phenoxy) is 3. The van der Waals surface area contributed by atoms with Crippen LogP contribution in [0.2, 0.25) is 5.02 Å². The third-order valence-corrected chi connectivity index (χ3v) is 4.71. The van der Waals surface area contributed by atoms with E-state index >= 15 is 0 Å². The molecule has 0 amide bonds.